The number of aryl methyl sites for hydroxylation is 2. The predicted octanol–water partition coefficient (Wildman–Crippen LogP) is 2.80. The fourth-order valence-electron chi connectivity index (χ4n) is 1.83. The molecule has 1 unspecified atom stereocenters. The SMILES string of the molecule is COC(CCSC)CNC(=O)c1cc(C)ccc1C. The number of amides is 1. The monoisotopic (exact) mass is 281 g/mol. The molecule has 0 spiro atoms. The maximum Gasteiger partial charge on any atom is 0.251 e. The number of thioether (sulfide) groups is 1. The predicted molar refractivity (Wildman–Crippen MR) is 82.0 cm³/mol. The summed E-state index contributed by atoms with van der Waals surface area (Å²) in [5.41, 5.74) is 2.85. The molecule has 0 heterocycles. The maximum absolute atomic E-state index is 12.1. The van der Waals surface area contributed by atoms with Crippen LogP contribution in [0.5, 0.6) is 0 Å². The highest BCUT2D eigenvalue weighted by Crippen LogP contribution is 2.10. The van der Waals surface area contributed by atoms with Gasteiger partial charge in [0.25, 0.3) is 5.91 Å². The van der Waals surface area contributed by atoms with Crippen LogP contribution in [0.25, 0.3) is 0 Å². The molecule has 1 amide bonds. The van der Waals surface area contributed by atoms with Crippen molar-refractivity contribution in [2.24, 2.45) is 0 Å². The Labute approximate surface area is 120 Å². The second-order valence-corrected chi connectivity index (χ2v) is 5.65. The Morgan fingerprint density at radius 2 is 2.16 bits per heavy atom. The van der Waals surface area contributed by atoms with Gasteiger partial charge in [-0.15, -0.1) is 0 Å². The Morgan fingerprint density at radius 3 is 2.79 bits per heavy atom. The van der Waals surface area contributed by atoms with E-state index in [-0.39, 0.29) is 12.0 Å². The van der Waals surface area contributed by atoms with Gasteiger partial charge in [0.1, 0.15) is 0 Å². The van der Waals surface area contributed by atoms with Crippen molar-refractivity contribution in [1.82, 2.24) is 5.32 Å². The van der Waals surface area contributed by atoms with Crippen molar-refractivity contribution in [2.75, 3.05) is 25.7 Å². The summed E-state index contributed by atoms with van der Waals surface area (Å²) < 4.78 is 5.36. The summed E-state index contributed by atoms with van der Waals surface area (Å²) in [5, 5.41) is 2.95. The molecule has 0 aliphatic heterocycles. The van der Waals surface area contributed by atoms with Gasteiger partial charge in [-0.3, -0.25) is 4.79 Å². The Bertz CT molecular complexity index is 421. The lowest BCUT2D eigenvalue weighted by Crippen LogP contribution is -2.33. The fourth-order valence-corrected chi connectivity index (χ4v) is 2.33. The van der Waals surface area contributed by atoms with Crippen LogP contribution in [-0.4, -0.2) is 37.7 Å². The third-order valence-electron chi connectivity index (χ3n) is 3.11. The first kappa shape index (κ1) is 16.1. The molecular formula is C15H23NO2S. The summed E-state index contributed by atoms with van der Waals surface area (Å²) >= 11 is 1.79. The van der Waals surface area contributed by atoms with Crippen molar-refractivity contribution in [3.05, 3.63) is 34.9 Å². The highest BCUT2D eigenvalue weighted by Gasteiger charge is 2.12. The largest absolute Gasteiger partial charge is 0.380 e. The van der Waals surface area contributed by atoms with Crippen LogP contribution in [0.4, 0.5) is 0 Å². The Morgan fingerprint density at radius 1 is 1.42 bits per heavy atom. The summed E-state index contributed by atoms with van der Waals surface area (Å²) in [6, 6.07) is 5.92. The van der Waals surface area contributed by atoms with Crippen molar-refractivity contribution >= 4 is 17.7 Å². The Hall–Kier alpha value is -1.00. The van der Waals surface area contributed by atoms with Gasteiger partial charge in [-0.05, 0) is 43.9 Å². The minimum absolute atomic E-state index is 0.0209. The van der Waals surface area contributed by atoms with Crippen LogP contribution in [0, 0.1) is 13.8 Å². The van der Waals surface area contributed by atoms with Crippen molar-refractivity contribution in [2.45, 2.75) is 26.4 Å². The minimum Gasteiger partial charge on any atom is -0.380 e. The first-order valence-electron chi connectivity index (χ1n) is 6.45. The van der Waals surface area contributed by atoms with Gasteiger partial charge in [-0.25, -0.2) is 0 Å². The van der Waals surface area contributed by atoms with Crippen molar-refractivity contribution in [3.8, 4) is 0 Å². The van der Waals surface area contributed by atoms with Gasteiger partial charge in [-0.2, -0.15) is 11.8 Å². The van der Waals surface area contributed by atoms with Crippen molar-refractivity contribution in [1.29, 1.82) is 0 Å². The summed E-state index contributed by atoms with van der Waals surface area (Å²) in [6.45, 7) is 4.51. The van der Waals surface area contributed by atoms with Gasteiger partial charge in [0, 0.05) is 19.2 Å². The van der Waals surface area contributed by atoms with E-state index in [1.807, 2.05) is 32.0 Å². The molecule has 0 fully saturated rings. The minimum atomic E-state index is -0.0209. The highest BCUT2D eigenvalue weighted by atomic mass is 32.2. The van der Waals surface area contributed by atoms with E-state index in [9.17, 15) is 4.79 Å². The van der Waals surface area contributed by atoms with Crippen LogP contribution in [-0.2, 0) is 4.74 Å². The molecule has 3 nitrogen and oxygen atoms in total. The van der Waals surface area contributed by atoms with Gasteiger partial charge in [0.2, 0.25) is 0 Å². The van der Waals surface area contributed by atoms with Crippen LogP contribution in [0.15, 0.2) is 18.2 Å². The lowest BCUT2D eigenvalue weighted by atomic mass is 10.1. The lowest BCUT2D eigenvalue weighted by molar-refractivity contribution is 0.0819. The second-order valence-electron chi connectivity index (χ2n) is 4.67. The topological polar surface area (TPSA) is 38.3 Å². The molecule has 1 rings (SSSR count). The normalized spacial score (nSPS) is 12.2. The molecule has 0 radical (unpaired) electrons. The zero-order chi connectivity index (χ0) is 14.3. The van der Waals surface area contributed by atoms with Crippen LogP contribution >= 0.6 is 11.8 Å². The summed E-state index contributed by atoms with van der Waals surface area (Å²) in [5.74, 6) is 1.02. The van der Waals surface area contributed by atoms with Gasteiger partial charge in [0.15, 0.2) is 0 Å². The van der Waals surface area contributed by atoms with Crippen LogP contribution in [0.1, 0.15) is 27.9 Å². The van der Waals surface area contributed by atoms with E-state index in [0.29, 0.717) is 6.54 Å². The molecule has 0 aliphatic carbocycles. The molecule has 1 aromatic carbocycles. The van der Waals surface area contributed by atoms with E-state index in [4.69, 9.17) is 4.74 Å². The number of methoxy groups -OCH3 is 1. The van der Waals surface area contributed by atoms with Crippen LogP contribution in [0.3, 0.4) is 0 Å². The quantitative estimate of drug-likeness (QED) is 0.835. The van der Waals surface area contributed by atoms with E-state index in [1.54, 1.807) is 18.9 Å². The summed E-state index contributed by atoms with van der Waals surface area (Å²) in [4.78, 5) is 12.1. The molecule has 4 heteroatoms. The first-order chi connectivity index (χ1) is 9.08. The number of nitrogens with one attached hydrogen (secondary N) is 1. The number of hydrogen-bond donors (Lipinski definition) is 1. The number of carbonyl (C=O) groups excluding carboxylic acids is 1. The number of carbonyl (C=O) groups is 1. The standard InChI is InChI=1S/C15H23NO2S/c1-11-5-6-12(2)14(9-11)15(17)16-10-13(18-3)7-8-19-4/h5-6,9,13H,7-8,10H2,1-4H3,(H,16,17). The van der Waals surface area contributed by atoms with Crippen LogP contribution in [0.2, 0.25) is 0 Å². The maximum atomic E-state index is 12.1. The zero-order valence-corrected chi connectivity index (χ0v) is 13.0. The average molecular weight is 281 g/mol. The molecule has 0 saturated heterocycles. The zero-order valence-electron chi connectivity index (χ0n) is 12.2. The van der Waals surface area contributed by atoms with Crippen LogP contribution < -0.4 is 5.32 Å². The summed E-state index contributed by atoms with van der Waals surface area (Å²) in [7, 11) is 1.69. The molecule has 0 saturated carbocycles. The van der Waals surface area contributed by atoms with Gasteiger partial charge in [-0.1, -0.05) is 17.7 Å². The van der Waals surface area contributed by atoms with Gasteiger partial charge >= 0.3 is 0 Å². The first-order valence-corrected chi connectivity index (χ1v) is 7.85. The van der Waals surface area contributed by atoms with Gasteiger partial charge < -0.3 is 10.1 Å². The lowest BCUT2D eigenvalue weighted by Gasteiger charge is -2.16. The molecule has 0 bridgehead atoms. The molecular weight excluding hydrogens is 258 g/mol. The molecule has 1 N–H and O–H groups in total. The van der Waals surface area contributed by atoms with E-state index < -0.39 is 0 Å². The molecule has 1 atom stereocenters. The molecule has 0 aliphatic rings. The Balaban J connectivity index is 2.56. The summed E-state index contributed by atoms with van der Waals surface area (Å²) in [6.07, 6.45) is 3.10. The van der Waals surface area contributed by atoms with E-state index in [1.165, 1.54) is 0 Å². The average Bonchev–Trinajstić information content (AvgIpc) is 2.41. The Kier molecular flexibility index (Phi) is 6.95. The smallest absolute Gasteiger partial charge is 0.251 e. The third-order valence-corrected chi connectivity index (χ3v) is 3.75. The second kappa shape index (κ2) is 8.23. The molecule has 0 aromatic heterocycles. The van der Waals surface area contributed by atoms with Crippen molar-refractivity contribution in [3.63, 3.8) is 0 Å². The molecule has 1 aromatic rings. The van der Waals surface area contributed by atoms with E-state index in [0.717, 1.165) is 28.9 Å². The number of ether oxygens (including phenoxy) is 1. The molecule has 106 valence electrons. The molecule has 19 heavy (non-hydrogen) atoms. The third kappa shape index (κ3) is 5.25. The van der Waals surface area contributed by atoms with E-state index in [2.05, 4.69) is 11.6 Å². The van der Waals surface area contributed by atoms with E-state index >= 15 is 0 Å². The number of rotatable bonds is 7. The fraction of sp³-hybridized carbons (Fsp3) is 0.533. The number of benzene rings is 1. The highest BCUT2D eigenvalue weighted by molar-refractivity contribution is 7.98. The van der Waals surface area contributed by atoms with Crippen molar-refractivity contribution < 1.29 is 9.53 Å². The van der Waals surface area contributed by atoms with Gasteiger partial charge in [0.05, 0.1) is 6.10 Å². The number of hydrogen-bond acceptors (Lipinski definition) is 3.